The van der Waals surface area contributed by atoms with Gasteiger partial charge >= 0.3 is 5.69 Å². The zero-order valence-corrected chi connectivity index (χ0v) is 22.7. The summed E-state index contributed by atoms with van der Waals surface area (Å²) in [7, 11) is 1.57. The van der Waals surface area contributed by atoms with Gasteiger partial charge < -0.3 is 14.2 Å². The van der Waals surface area contributed by atoms with Gasteiger partial charge in [-0.15, -0.1) is 0 Å². The topological polar surface area (TPSA) is 115 Å². The zero-order valence-electron chi connectivity index (χ0n) is 22.7. The van der Waals surface area contributed by atoms with Crippen LogP contribution in [0.25, 0.3) is 0 Å². The zero-order chi connectivity index (χ0) is 28.1. The number of ether oxygens (including phenoxy) is 3. The summed E-state index contributed by atoms with van der Waals surface area (Å²) < 4.78 is 17.1. The highest BCUT2D eigenvalue weighted by molar-refractivity contribution is 5.97. The molecular weight excluding hydrogens is 498 g/mol. The Kier molecular flexibility index (Phi) is 8.55. The van der Waals surface area contributed by atoms with Crippen LogP contribution < -0.4 is 14.2 Å². The number of likely N-dealkylation sites (tertiary alicyclic amines) is 1. The molecule has 0 bridgehead atoms. The molecule has 204 valence electrons. The molecule has 0 N–H and O–H groups in total. The van der Waals surface area contributed by atoms with Crippen molar-refractivity contribution in [2.45, 2.75) is 58.6 Å². The number of allylic oxidation sites excluding steroid dienone is 4. The van der Waals surface area contributed by atoms with Crippen molar-refractivity contribution in [2.75, 3.05) is 13.7 Å². The lowest BCUT2D eigenvalue weighted by Gasteiger charge is -2.43. The van der Waals surface area contributed by atoms with Crippen LogP contribution in [0.1, 0.15) is 57.1 Å². The Labute approximate surface area is 228 Å². The fourth-order valence-corrected chi connectivity index (χ4v) is 5.43. The second-order valence-corrected chi connectivity index (χ2v) is 9.78. The number of nitro groups is 1. The van der Waals surface area contributed by atoms with E-state index in [-0.39, 0.29) is 48.1 Å². The van der Waals surface area contributed by atoms with Gasteiger partial charge in [0, 0.05) is 23.7 Å². The quantitative estimate of drug-likeness (QED) is 0.207. The fraction of sp³-hybridized carbons (Fsp3) is 0.400. The van der Waals surface area contributed by atoms with E-state index in [1.54, 1.807) is 43.2 Å². The number of carbonyl (C=O) groups excluding carboxylic acids is 1. The first-order valence-corrected chi connectivity index (χ1v) is 13.2. The monoisotopic (exact) mass is 531 g/mol. The van der Waals surface area contributed by atoms with Gasteiger partial charge in [-0.25, -0.2) is 0 Å². The number of methoxy groups -OCH3 is 1. The molecule has 39 heavy (non-hydrogen) atoms. The molecule has 0 spiro atoms. The summed E-state index contributed by atoms with van der Waals surface area (Å²) in [5.74, 6) is -0.136. The van der Waals surface area contributed by atoms with Gasteiger partial charge in [0.05, 0.1) is 24.6 Å². The summed E-state index contributed by atoms with van der Waals surface area (Å²) in [6.07, 6.45) is 7.92. The highest BCUT2D eigenvalue weighted by Crippen LogP contribution is 2.48. The minimum atomic E-state index is -0.612. The molecule has 4 rings (SSSR count). The maximum atomic E-state index is 13.4. The smallest absolute Gasteiger partial charge is 0.315 e. The fourth-order valence-electron chi connectivity index (χ4n) is 5.43. The van der Waals surface area contributed by atoms with Gasteiger partial charge in [-0.3, -0.25) is 19.8 Å². The molecule has 3 atom stereocenters. The summed E-state index contributed by atoms with van der Waals surface area (Å²) in [5.41, 5.74) is 2.70. The molecule has 2 aliphatic rings. The molecule has 3 unspecified atom stereocenters. The molecule has 2 aromatic rings. The average molecular weight is 532 g/mol. The van der Waals surface area contributed by atoms with Gasteiger partial charge in [0.2, 0.25) is 5.75 Å². The molecule has 9 heteroatoms. The van der Waals surface area contributed by atoms with E-state index in [0.29, 0.717) is 23.4 Å². The largest absolute Gasteiger partial charge is 0.497 e. The first-order valence-electron chi connectivity index (χ1n) is 13.2. The summed E-state index contributed by atoms with van der Waals surface area (Å²) in [6, 6.07) is 10.3. The van der Waals surface area contributed by atoms with E-state index in [4.69, 9.17) is 14.2 Å². The Morgan fingerprint density at radius 1 is 1.18 bits per heavy atom. The Morgan fingerprint density at radius 2 is 1.97 bits per heavy atom. The Morgan fingerprint density at radius 3 is 2.64 bits per heavy atom. The molecule has 2 aromatic carbocycles. The third-order valence-electron chi connectivity index (χ3n) is 7.15. The number of hydrogen-bond acceptors (Lipinski definition) is 8. The molecule has 1 aliphatic carbocycles. The third-order valence-corrected chi connectivity index (χ3v) is 7.15. The molecular formula is C30H33N3O6. The van der Waals surface area contributed by atoms with Crippen LogP contribution in [-0.2, 0) is 11.4 Å². The number of benzene rings is 2. The maximum Gasteiger partial charge on any atom is 0.315 e. The van der Waals surface area contributed by atoms with Gasteiger partial charge in [0.1, 0.15) is 12.4 Å². The SMILES string of the molecule is CCCC1=CC(=O)C2C(=C1)N(C#N)C(C)CC2c1cc(OCC)c(OCc2cccc(OC)c2)c([N+](=O)[O-])c1. The van der Waals surface area contributed by atoms with Crippen LogP contribution in [0.4, 0.5) is 5.69 Å². The van der Waals surface area contributed by atoms with Crippen LogP contribution in [-0.4, -0.2) is 35.4 Å². The van der Waals surface area contributed by atoms with E-state index in [9.17, 15) is 20.2 Å². The van der Waals surface area contributed by atoms with E-state index in [2.05, 4.69) is 6.19 Å². The average Bonchev–Trinajstić information content (AvgIpc) is 2.91. The highest BCUT2D eigenvalue weighted by Gasteiger charge is 2.44. The second kappa shape index (κ2) is 12.0. The lowest BCUT2D eigenvalue weighted by atomic mass is 9.71. The number of nitrogens with zero attached hydrogens (tertiary/aromatic N) is 3. The molecule has 0 aromatic heterocycles. The normalized spacial score (nSPS) is 20.3. The Bertz CT molecular complexity index is 1360. The molecule has 0 saturated carbocycles. The van der Waals surface area contributed by atoms with E-state index in [1.807, 2.05) is 32.1 Å². The van der Waals surface area contributed by atoms with Gasteiger partial charge in [0.25, 0.3) is 0 Å². The van der Waals surface area contributed by atoms with E-state index in [0.717, 1.165) is 24.0 Å². The Hall–Kier alpha value is -4.32. The molecule has 0 amide bonds. The first-order chi connectivity index (χ1) is 18.8. The van der Waals surface area contributed by atoms with Crippen LogP contribution in [0.2, 0.25) is 0 Å². The van der Waals surface area contributed by atoms with Crippen LogP contribution in [0, 0.1) is 27.5 Å². The predicted octanol–water partition coefficient (Wildman–Crippen LogP) is 6.05. The van der Waals surface area contributed by atoms with Crippen molar-refractivity contribution >= 4 is 11.5 Å². The van der Waals surface area contributed by atoms with Crippen LogP contribution in [0.15, 0.2) is 59.8 Å². The maximum absolute atomic E-state index is 13.4. The van der Waals surface area contributed by atoms with Crippen molar-refractivity contribution in [1.82, 2.24) is 4.90 Å². The summed E-state index contributed by atoms with van der Waals surface area (Å²) >= 11 is 0. The molecule has 1 saturated heterocycles. The standard InChI is InChI=1S/C30H33N3O6/c1-5-8-20-13-25-29(27(34)14-20)24(11-19(3)32(25)18-31)22-15-26(33(35)36)30(28(16-22)38-6-2)39-17-21-9-7-10-23(12-21)37-4/h7,9-10,12-16,19,24,29H,5-6,8,11,17H2,1-4H3. The summed E-state index contributed by atoms with van der Waals surface area (Å²) in [5, 5.41) is 22.1. The molecule has 1 heterocycles. The number of fused-ring (bicyclic) bond motifs is 1. The number of carbonyl (C=O) groups is 1. The number of piperidine rings is 1. The summed E-state index contributed by atoms with van der Waals surface area (Å²) in [6.45, 7) is 6.11. The van der Waals surface area contributed by atoms with Crippen molar-refractivity contribution in [2.24, 2.45) is 5.92 Å². The summed E-state index contributed by atoms with van der Waals surface area (Å²) in [4.78, 5) is 26.8. The molecule has 1 aliphatic heterocycles. The van der Waals surface area contributed by atoms with Crippen molar-refractivity contribution in [3.63, 3.8) is 0 Å². The predicted molar refractivity (Wildman–Crippen MR) is 145 cm³/mol. The van der Waals surface area contributed by atoms with Crippen molar-refractivity contribution < 1.29 is 23.9 Å². The second-order valence-electron chi connectivity index (χ2n) is 9.78. The number of rotatable bonds is 10. The lowest BCUT2D eigenvalue weighted by molar-refractivity contribution is -0.386. The van der Waals surface area contributed by atoms with Crippen molar-refractivity contribution in [1.29, 1.82) is 5.26 Å². The van der Waals surface area contributed by atoms with Crippen LogP contribution >= 0.6 is 0 Å². The van der Waals surface area contributed by atoms with E-state index < -0.39 is 10.8 Å². The van der Waals surface area contributed by atoms with Crippen LogP contribution in [0.3, 0.4) is 0 Å². The van der Waals surface area contributed by atoms with Gasteiger partial charge in [0.15, 0.2) is 17.7 Å². The van der Waals surface area contributed by atoms with Crippen molar-refractivity contribution in [3.05, 3.63) is 81.1 Å². The number of hydrogen-bond donors (Lipinski definition) is 0. The number of nitro benzene ring substituents is 1. The minimum absolute atomic E-state index is 0.0341. The Balaban J connectivity index is 1.76. The number of nitriles is 1. The lowest BCUT2D eigenvalue weighted by Crippen LogP contribution is -2.44. The first kappa shape index (κ1) is 27.7. The third kappa shape index (κ3) is 5.75. The van der Waals surface area contributed by atoms with Crippen molar-refractivity contribution in [3.8, 4) is 23.4 Å². The minimum Gasteiger partial charge on any atom is -0.497 e. The van der Waals surface area contributed by atoms with Gasteiger partial charge in [-0.05, 0) is 73.7 Å². The van der Waals surface area contributed by atoms with E-state index >= 15 is 0 Å². The van der Waals surface area contributed by atoms with E-state index in [1.165, 1.54) is 6.07 Å². The molecule has 0 radical (unpaired) electrons. The molecule has 1 fully saturated rings. The molecule has 9 nitrogen and oxygen atoms in total. The highest BCUT2D eigenvalue weighted by atomic mass is 16.6. The van der Waals surface area contributed by atoms with Gasteiger partial charge in [-0.1, -0.05) is 25.5 Å². The van der Waals surface area contributed by atoms with Gasteiger partial charge in [-0.2, -0.15) is 5.26 Å². The van der Waals surface area contributed by atoms with Crippen LogP contribution in [0.5, 0.6) is 17.2 Å². The number of ketones is 1.